The quantitative estimate of drug-likeness (QED) is 0.894. The first-order valence-electron chi connectivity index (χ1n) is 5.89. The van der Waals surface area contributed by atoms with Crippen LogP contribution in [0.1, 0.15) is 18.4 Å². The van der Waals surface area contributed by atoms with Gasteiger partial charge < -0.3 is 5.32 Å². The fraction of sp³-hybridized carbons (Fsp3) is 0.133. The first kappa shape index (κ1) is 13.6. The lowest BCUT2D eigenvalue weighted by molar-refractivity contribution is -0.117. The summed E-state index contributed by atoms with van der Waals surface area (Å²) in [5, 5.41) is 2.71. The van der Waals surface area contributed by atoms with Gasteiger partial charge in [-0.2, -0.15) is 0 Å². The molecule has 0 saturated heterocycles. The van der Waals surface area contributed by atoms with Crippen molar-refractivity contribution in [3.63, 3.8) is 0 Å². The first-order chi connectivity index (χ1) is 9.08. The number of carbonyl (C=O) groups is 1. The lowest BCUT2D eigenvalue weighted by atomic mass is 10.0. The maximum Gasteiger partial charge on any atom is 0.231 e. The molecule has 2 aromatic rings. The van der Waals surface area contributed by atoms with Crippen LogP contribution in [0.5, 0.6) is 0 Å². The Morgan fingerprint density at radius 3 is 2.53 bits per heavy atom. The molecule has 0 spiro atoms. The van der Waals surface area contributed by atoms with Crippen LogP contribution in [0.3, 0.4) is 0 Å². The largest absolute Gasteiger partial charge is 0.326 e. The minimum Gasteiger partial charge on any atom is -0.326 e. The summed E-state index contributed by atoms with van der Waals surface area (Å²) in [5.74, 6) is -0.949. The SMILES string of the molecule is C[C@H](C(=O)Nc1ccc(F)c(Cl)c1)c1ccccc1. The molecule has 0 unspecified atom stereocenters. The van der Waals surface area contributed by atoms with Gasteiger partial charge in [-0.15, -0.1) is 0 Å². The summed E-state index contributed by atoms with van der Waals surface area (Å²) in [6.07, 6.45) is 0. The smallest absolute Gasteiger partial charge is 0.231 e. The topological polar surface area (TPSA) is 29.1 Å². The van der Waals surface area contributed by atoms with Gasteiger partial charge >= 0.3 is 0 Å². The van der Waals surface area contributed by atoms with E-state index >= 15 is 0 Å². The molecule has 2 aromatic carbocycles. The number of hydrogen-bond acceptors (Lipinski definition) is 1. The molecule has 0 aromatic heterocycles. The van der Waals surface area contributed by atoms with E-state index in [1.54, 1.807) is 0 Å². The maximum absolute atomic E-state index is 13.0. The molecule has 1 amide bonds. The van der Waals surface area contributed by atoms with E-state index in [-0.39, 0.29) is 16.8 Å². The zero-order valence-electron chi connectivity index (χ0n) is 10.4. The number of rotatable bonds is 3. The highest BCUT2D eigenvalue weighted by Crippen LogP contribution is 2.21. The van der Waals surface area contributed by atoms with Crippen molar-refractivity contribution in [2.24, 2.45) is 0 Å². The molecule has 0 fully saturated rings. The van der Waals surface area contributed by atoms with E-state index in [0.29, 0.717) is 5.69 Å². The van der Waals surface area contributed by atoms with Gasteiger partial charge in [-0.05, 0) is 30.7 Å². The molecular weight excluding hydrogens is 265 g/mol. The molecule has 2 rings (SSSR count). The molecule has 98 valence electrons. The minimum atomic E-state index is -0.504. The van der Waals surface area contributed by atoms with Crippen molar-refractivity contribution in [3.8, 4) is 0 Å². The van der Waals surface area contributed by atoms with Crippen LogP contribution in [-0.2, 0) is 4.79 Å². The summed E-state index contributed by atoms with van der Waals surface area (Å²) in [5.41, 5.74) is 1.41. The van der Waals surface area contributed by atoms with E-state index in [0.717, 1.165) is 5.56 Å². The molecule has 0 heterocycles. The molecule has 4 heteroatoms. The molecule has 0 radical (unpaired) electrons. The van der Waals surface area contributed by atoms with Crippen molar-refractivity contribution in [1.29, 1.82) is 0 Å². The van der Waals surface area contributed by atoms with E-state index in [1.165, 1.54) is 18.2 Å². The number of halogens is 2. The average Bonchev–Trinajstić information content (AvgIpc) is 2.43. The predicted molar refractivity (Wildman–Crippen MR) is 74.9 cm³/mol. The summed E-state index contributed by atoms with van der Waals surface area (Å²) in [6.45, 7) is 1.82. The Kier molecular flexibility index (Phi) is 4.17. The number of carbonyl (C=O) groups excluding carboxylic acids is 1. The summed E-state index contributed by atoms with van der Waals surface area (Å²) >= 11 is 5.67. The molecule has 1 atom stereocenters. The van der Waals surface area contributed by atoms with Gasteiger partial charge in [0.25, 0.3) is 0 Å². The summed E-state index contributed by atoms with van der Waals surface area (Å²) in [7, 11) is 0. The van der Waals surface area contributed by atoms with Crippen LogP contribution < -0.4 is 5.32 Å². The average molecular weight is 278 g/mol. The third-order valence-corrected chi connectivity index (χ3v) is 3.17. The second kappa shape index (κ2) is 5.85. The first-order valence-corrected chi connectivity index (χ1v) is 6.26. The third kappa shape index (κ3) is 3.32. The van der Waals surface area contributed by atoms with Crippen molar-refractivity contribution >= 4 is 23.2 Å². The molecule has 0 aliphatic rings. The zero-order valence-corrected chi connectivity index (χ0v) is 11.1. The molecule has 2 nitrogen and oxygen atoms in total. The molecule has 1 N–H and O–H groups in total. The van der Waals surface area contributed by atoms with Crippen molar-refractivity contribution in [2.45, 2.75) is 12.8 Å². The van der Waals surface area contributed by atoms with E-state index < -0.39 is 5.82 Å². The molecule has 19 heavy (non-hydrogen) atoms. The summed E-state index contributed by atoms with van der Waals surface area (Å²) in [6, 6.07) is 13.5. The Bertz CT molecular complexity index is 586. The van der Waals surface area contributed by atoms with E-state index in [4.69, 9.17) is 11.6 Å². The summed E-state index contributed by atoms with van der Waals surface area (Å²) in [4.78, 5) is 12.1. The van der Waals surface area contributed by atoms with Gasteiger partial charge in [-0.1, -0.05) is 41.9 Å². The van der Waals surface area contributed by atoms with Crippen molar-refractivity contribution < 1.29 is 9.18 Å². The molecule has 0 bridgehead atoms. The minimum absolute atomic E-state index is 0.00911. The predicted octanol–water partition coefficient (Wildman–Crippen LogP) is 4.22. The molecule has 0 aliphatic heterocycles. The molecule has 0 aliphatic carbocycles. The van der Waals surface area contributed by atoms with Crippen LogP contribution in [0.25, 0.3) is 0 Å². The Hall–Kier alpha value is -1.87. The van der Waals surface area contributed by atoms with Gasteiger partial charge in [-0.3, -0.25) is 4.79 Å². The fourth-order valence-corrected chi connectivity index (χ4v) is 1.90. The van der Waals surface area contributed by atoms with Crippen LogP contribution in [0, 0.1) is 5.82 Å². The highest BCUT2D eigenvalue weighted by Gasteiger charge is 2.15. The highest BCUT2D eigenvalue weighted by atomic mass is 35.5. The van der Waals surface area contributed by atoms with Gasteiger partial charge in [0.15, 0.2) is 0 Å². The Morgan fingerprint density at radius 1 is 1.21 bits per heavy atom. The van der Waals surface area contributed by atoms with Gasteiger partial charge in [0, 0.05) is 5.69 Å². The van der Waals surface area contributed by atoms with Crippen LogP contribution in [-0.4, -0.2) is 5.91 Å². The van der Waals surface area contributed by atoms with Gasteiger partial charge in [-0.25, -0.2) is 4.39 Å². The normalized spacial score (nSPS) is 11.9. The second-order valence-electron chi connectivity index (χ2n) is 4.25. The van der Waals surface area contributed by atoms with Crippen molar-refractivity contribution in [2.75, 3.05) is 5.32 Å². The van der Waals surface area contributed by atoms with E-state index in [1.807, 2.05) is 37.3 Å². The van der Waals surface area contributed by atoms with E-state index in [9.17, 15) is 9.18 Å². The third-order valence-electron chi connectivity index (χ3n) is 2.88. The standard InChI is InChI=1S/C15H13ClFNO/c1-10(11-5-3-2-4-6-11)15(19)18-12-7-8-14(17)13(16)9-12/h2-10H,1H3,(H,18,19)/t10-/m0/s1. The van der Waals surface area contributed by atoms with Crippen molar-refractivity contribution in [3.05, 3.63) is 64.9 Å². The number of nitrogens with one attached hydrogen (secondary N) is 1. The van der Waals surface area contributed by atoms with Crippen LogP contribution in [0.2, 0.25) is 5.02 Å². The number of anilines is 1. The van der Waals surface area contributed by atoms with E-state index in [2.05, 4.69) is 5.32 Å². The molecule has 0 saturated carbocycles. The van der Waals surface area contributed by atoms with Gasteiger partial charge in [0.2, 0.25) is 5.91 Å². The zero-order chi connectivity index (χ0) is 13.8. The lowest BCUT2D eigenvalue weighted by Gasteiger charge is -2.12. The Labute approximate surface area is 116 Å². The maximum atomic E-state index is 13.0. The Balaban J connectivity index is 2.10. The van der Waals surface area contributed by atoms with Crippen LogP contribution >= 0.6 is 11.6 Å². The second-order valence-corrected chi connectivity index (χ2v) is 4.66. The number of hydrogen-bond donors (Lipinski definition) is 1. The lowest BCUT2D eigenvalue weighted by Crippen LogP contribution is -2.18. The summed E-state index contributed by atoms with van der Waals surface area (Å²) < 4.78 is 13.0. The monoisotopic (exact) mass is 277 g/mol. The highest BCUT2D eigenvalue weighted by molar-refractivity contribution is 6.31. The van der Waals surface area contributed by atoms with Crippen molar-refractivity contribution in [1.82, 2.24) is 0 Å². The number of amides is 1. The Morgan fingerprint density at radius 2 is 1.89 bits per heavy atom. The molecular formula is C15H13ClFNO. The van der Waals surface area contributed by atoms with Gasteiger partial charge in [0.1, 0.15) is 5.82 Å². The van der Waals surface area contributed by atoms with Crippen LogP contribution in [0.15, 0.2) is 48.5 Å². The van der Waals surface area contributed by atoms with Crippen LogP contribution in [0.4, 0.5) is 10.1 Å². The number of benzene rings is 2. The van der Waals surface area contributed by atoms with Gasteiger partial charge in [0.05, 0.1) is 10.9 Å². The fourth-order valence-electron chi connectivity index (χ4n) is 1.72.